The third kappa shape index (κ3) is 5.28. The van der Waals surface area contributed by atoms with Gasteiger partial charge in [0.15, 0.2) is 10.1 Å². The normalized spacial score (nSPS) is 14.3. The number of nitrogens with zero attached hydrogens (tertiary/aromatic N) is 4. The Labute approximate surface area is 206 Å². The van der Waals surface area contributed by atoms with Crippen molar-refractivity contribution < 1.29 is 14.3 Å². The van der Waals surface area contributed by atoms with Gasteiger partial charge < -0.3 is 9.47 Å². The highest BCUT2D eigenvalue weighted by Crippen LogP contribution is 2.33. The van der Waals surface area contributed by atoms with Gasteiger partial charge >= 0.3 is 0 Å². The van der Waals surface area contributed by atoms with Gasteiger partial charge in [-0.15, -0.1) is 23.7 Å². The van der Waals surface area contributed by atoms with Crippen LogP contribution in [0, 0.1) is 0 Å². The number of carbonyl (C=O) groups is 1. The summed E-state index contributed by atoms with van der Waals surface area (Å²) < 4.78 is 12.8. The van der Waals surface area contributed by atoms with E-state index in [1.165, 1.54) is 22.7 Å². The second-order valence-corrected chi connectivity index (χ2v) is 9.62. The molecule has 10 heteroatoms. The standard InChI is InChI=1S/C23H24N4O3S2.ClH/c1-29-16-7-8-20-18(15-16)25-23(32-20)27(10-4-9-26-11-13-30-14-12-26)22(28)21-24-17-5-2-3-6-19(17)31-21;/h2-3,5-8,15H,4,9-14H2,1H3;1H. The summed E-state index contributed by atoms with van der Waals surface area (Å²) in [6.07, 6.45) is 0.857. The molecule has 33 heavy (non-hydrogen) atoms. The molecule has 1 amide bonds. The summed E-state index contributed by atoms with van der Waals surface area (Å²) in [5.41, 5.74) is 1.68. The van der Waals surface area contributed by atoms with Crippen LogP contribution in [0.15, 0.2) is 42.5 Å². The highest BCUT2D eigenvalue weighted by atomic mass is 35.5. The van der Waals surface area contributed by atoms with Gasteiger partial charge in [0, 0.05) is 32.2 Å². The number of hydrogen-bond donors (Lipinski definition) is 0. The lowest BCUT2D eigenvalue weighted by Gasteiger charge is -2.27. The number of anilines is 1. The van der Waals surface area contributed by atoms with Crippen molar-refractivity contribution in [3.05, 3.63) is 47.5 Å². The molecule has 0 spiro atoms. The largest absolute Gasteiger partial charge is 0.497 e. The molecule has 0 unspecified atom stereocenters. The Hall–Kier alpha value is -2.30. The minimum absolute atomic E-state index is 0. The number of ether oxygens (including phenoxy) is 2. The smallest absolute Gasteiger partial charge is 0.289 e. The molecule has 1 aliphatic heterocycles. The number of thiazole rings is 2. The number of hydrogen-bond acceptors (Lipinski definition) is 8. The van der Waals surface area contributed by atoms with Gasteiger partial charge in [-0.2, -0.15) is 0 Å². The van der Waals surface area contributed by atoms with E-state index in [1.54, 1.807) is 12.0 Å². The van der Waals surface area contributed by atoms with Crippen molar-refractivity contribution >= 4 is 66.6 Å². The maximum atomic E-state index is 13.6. The summed E-state index contributed by atoms with van der Waals surface area (Å²) in [6, 6.07) is 13.7. The molecule has 0 bridgehead atoms. The highest BCUT2D eigenvalue weighted by molar-refractivity contribution is 7.23. The quantitative estimate of drug-likeness (QED) is 0.363. The Morgan fingerprint density at radius 3 is 2.67 bits per heavy atom. The van der Waals surface area contributed by atoms with Gasteiger partial charge in [-0.3, -0.25) is 14.6 Å². The summed E-state index contributed by atoms with van der Waals surface area (Å²) in [5, 5.41) is 1.19. The summed E-state index contributed by atoms with van der Waals surface area (Å²) in [6.45, 7) is 4.93. The van der Waals surface area contributed by atoms with E-state index in [4.69, 9.17) is 14.5 Å². The number of morpholine rings is 1. The van der Waals surface area contributed by atoms with Crippen LogP contribution in [0.5, 0.6) is 5.75 Å². The SMILES string of the molecule is COc1ccc2sc(N(CCCN3CCOCC3)C(=O)c3nc4ccccc4s3)nc2c1.Cl. The molecule has 0 radical (unpaired) electrons. The number of fused-ring (bicyclic) bond motifs is 2. The molecule has 5 rings (SSSR count). The first kappa shape index (κ1) is 23.8. The van der Waals surface area contributed by atoms with Crippen LogP contribution in [-0.2, 0) is 4.74 Å². The number of carbonyl (C=O) groups excluding carboxylic acids is 1. The lowest BCUT2D eigenvalue weighted by Crippen LogP contribution is -2.39. The van der Waals surface area contributed by atoms with Crippen LogP contribution in [0.3, 0.4) is 0 Å². The van der Waals surface area contributed by atoms with E-state index < -0.39 is 0 Å². The van der Waals surface area contributed by atoms with Crippen molar-refractivity contribution in [3.8, 4) is 5.75 Å². The van der Waals surface area contributed by atoms with Crippen LogP contribution in [0.2, 0.25) is 0 Å². The summed E-state index contributed by atoms with van der Waals surface area (Å²) in [5.74, 6) is 0.657. The molecule has 3 heterocycles. The fourth-order valence-corrected chi connectivity index (χ4v) is 5.66. The first-order valence-electron chi connectivity index (χ1n) is 10.6. The van der Waals surface area contributed by atoms with E-state index in [-0.39, 0.29) is 18.3 Å². The van der Waals surface area contributed by atoms with E-state index in [2.05, 4.69) is 9.88 Å². The van der Waals surface area contributed by atoms with Crippen molar-refractivity contribution in [2.75, 3.05) is 51.4 Å². The average molecular weight is 505 g/mol. The Morgan fingerprint density at radius 2 is 1.88 bits per heavy atom. The van der Waals surface area contributed by atoms with Gasteiger partial charge in [-0.1, -0.05) is 23.5 Å². The second-order valence-electron chi connectivity index (χ2n) is 7.58. The maximum absolute atomic E-state index is 13.6. The van der Waals surface area contributed by atoms with E-state index in [0.717, 1.165) is 65.5 Å². The molecule has 7 nitrogen and oxygen atoms in total. The Morgan fingerprint density at radius 1 is 1.09 bits per heavy atom. The molecular weight excluding hydrogens is 480 g/mol. The van der Waals surface area contributed by atoms with Crippen molar-refractivity contribution in [1.82, 2.24) is 14.9 Å². The highest BCUT2D eigenvalue weighted by Gasteiger charge is 2.24. The average Bonchev–Trinajstić information content (AvgIpc) is 3.45. The molecular formula is C23H25ClN4O3S2. The van der Waals surface area contributed by atoms with Crippen LogP contribution < -0.4 is 9.64 Å². The lowest BCUT2D eigenvalue weighted by atomic mass is 10.3. The molecule has 0 saturated carbocycles. The summed E-state index contributed by atoms with van der Waals surface area (Å²) in [4.78, 5) is 27.1. The molecule has 0 aliphatic carbocycles. The molecule has 4 aromatic rings. The number of amides is 1. The van der Waals surface area contributed by atoms with Crippen LogP contribution in [0.1, 0.15) is 16.2 Å². The van der Waals surface area contributed by atoms with E-state index in [1.807, 2.05) is 42.5 Å². The predicted molar refractivity (Wildman–Crippen MR) is 137 cm³/mol. The van der Waals surface area contributed by atoms with Crippen LogP contribution in [0.4, 0.5) is 5.13 Å². The number of benzene rings is 2. The number of para-hydroxylation sites is 1. The summed E-state index contributed by atoms with van der Waals surface area (Å²) >= 11 is 2.95. The zero-order chi connectivity index (χ0) is 21.9. The molecule has 0 atom stereocenters. The fraction of sp³-hybridized carbons (Fsp3) is 0.348. The van der Waals surface area contributed by atoms with Gasteiger partial charge in [-0.25, -0.2) is 9.97 Å². The van der Waals surface area contributed by atoms with Crippen molar-refractivity contribution in [3.63, 3.8) is 0 Å². The van der Waals surface area contributed by atoms with Crippen molar-refractivity contribution in [2.45, 2.75) is 6.42 Å². The van der Waals surface area contributed by atoms with Crippen LogP contribution in [0.25, 0.3) is 20.4 Å². The van der Waals surface area contributed by atoms with E-state index in [0.29, 0.717) is 16.7 Å². The molecule has 2 aromatic carbocycles. The van der Waals surface area contributed by atoms with E-state index >= 15 is 0 Å². The molecule has 2 aromatic heterocycles. The minimum atomic E-state index is -0.0980. The number of aromatic nitrogens is 2. The van der Waals surface area contributed by atoms with Crippen LogP contribution in [-0.4, -0.2) is 67.3 Å². The van der Waals surface area contributed by atoms with Crippen molar-refractivity contribution in [2.24, 2.45) is 0 Å². The first-order chi connectivity index (χ1) is 15.7. The third-order valence-electron chi connectivity index (χ3n) is 5.50. The van der Waals surface area contributed by atoms with Gasteiger partial charge in [0.1, 0.15) is 5.75 Å². The lowest BCUT2D eigenvalue weighted by molar-refractivity contribution is 0.0376. The second kappa shape index (κ2) is 10.8. The Kier molecular flexibility index (Phi) is 7.77. The maximum Gasteiger partial charge on any atom is 0.289 e. The zero-order valence-electron chi connectivity index (χ0n) is 18.2. The number of methoxy groups -OCH3 is 1. The topological polar surface area (TPSA) is 67.8 Å². The van der Waals surface area contributed by atoms with Gasteiger partial charge in [0.25, 0.3) is 5.91 Å². The van der Waals surface area contributed by atoms with Crippen LogP contribution >= 0.6 is 35.1 Å². The molecule has 0 N–H and O–H groups in total. The van der Waals surface area contributed by atoms with E-state index in [9.17, 15) is 4.79 Å². The molecule has 174 valence electrons. The molecule has 1 saturated heterocycles. The predicted octanol–water partition coefficient (Wildman–Crippen LogP) is 4.71. The number of halogens is 1. The minimum Gasteiger partial charge on any atom is -0.497 e. The van der Waals surface area contributed by atoms with Gasteiger partial charge in [-0.05, 0) is 30.7 Å². The Bertz CT molecular complexity index is 1210. The third-order valence-corrected chi connectivity index (χ3v) is 7.58. The van der Waals surface area contributed by atoms with Gasteiger partial charge in [0.05, 0.1) is 40.8 Å². The van der Waals surface area contributed by atoms with Crippen molar-refractivity contribution in [1.29, 1.82) is 0 Å². The summed E-state index contributed by atoms with van der Waals surface area (Å²) in [7, 11) is 1.64. The fourth-order valence-electron chi connectivity index (χ4n) is 3.78. The molecule has 1 fully saturated rings. The molecule has 1 aliphatic rings. The zero-order valence-corrected chi connectivity index (χ0v) is 20.7. The van der Waals surface area contributed by atoms with Gasteiger partial charge in [0.2, 0.25) is 0 Å². The number of rotatable bonds is 7. The Balaban J connectivity index is 0.00000259. The first-order valence-corrected chi connectivity index (χ1v) is 12.3. The monoisotopic (exact) mass is 504 g/mol.